The summed E-state index contributed by atoms with van der Waals surface area (Å²) in [6, 6.07) is 19.2. The Morgan fingerprint density at radius 2 is 1.71 bits per heavy atom. The molecular formula is C32H40N6O4. The van der Waals surface area contributed by atoms with Gasteiger partial charge in [-0.05, 0) is 48.4 Å². The van der Waals surface area contributed by atoms with E-state index in [9.17, 15) is 14.4 Å². The number of hydrogen-bond donors (Lipinski definition) is 2. The zero-order valence-corrected chi connectivity index (χ0v) is 24.6. The van der Waals surface area contributed by atoms with Crippen LogP contribution < -0.4 is 20.3 Å². The van der Waals surface area contributed by atoms with Gasteiger partial charge in [0.25, 0.3) is 0 Å². The molecule has 3 amide bonds. The number of hydrogen-bond acceptors (Lipinski definition) is 7. The minimum atomic E-state index is -0.171. The molecule has 4 rings (SSSR count). The van der Waals surface area contributed by atoms with Crippen molar-refractivity contribution in [2.45, 2.75) is 39.9 Å². The minimum absolute atomic E-state index is 0.00212. The molecule has 1 aliphatic heterocycles. The topological polar surface area (TPSA) is 107 Å². The number of rotatable bonds is 8. The van der Waals surface area contributed by atoms with Crippen LogP contribution in [0.5, 0.6) is 5.75 Å². The zero-order chi connectivity index (χ0) is 29.9. The van der Waals surface area contributed by atoms with Gasteiger partial charge in [-0.25, -0.2) is 0 Å². The number of para-hydroxylation sites is 1. The number of aromatic nitrogens is 1. The number of benzene rings is 2. The number of amides is 3. The number of anilines is 2. The number of carbonyl (C=O) groups is 3. The van der Waals surface area contributed by atoms with Crippen LogP contribution >= 0.6 is 0 Å². The van der Waals surface area contributed by atoms with E-state index in [2.05, 4.69) is 25.4 Å². The van der Waals surface area contributed by atoms with Crippen LogP contribution in [-0.4, -0.2) is 72.3 Å². The van der Waals surface area contributed by atoms with Crippen molar-refractivity contribution in [3.05, 3.63) is 83.7 Å². The average Bonchev–Trinajstić information content (AvgIpc) is 3.00. The van der Waals surface area contributed by atoms with Gasteiger partial charge < -0.3 is 20.3 Å². The molecule has 0 atom stereocenters. The molecule has 42 heavy (non-hydrogen) atoms. The van der Waals surface area contributed by atoms with Crippen molar-refractivity contribution in [2.75, 3.05) is 50.1 Å². The largest absolute Gasteiger partial charge is 0.496 e. The first-order chi connectivity index (χ1) is 20.3. The van der Waals surface area contributed by atoms with E-state index in [1.807, 2.05) is 47.4 Å². The van der Waals surface area contributed by atoms with Crippen LogP contribution in [0, 0.1) is 0 Å². The summed E-state index contributed by atoms with van der Waals surface area (Å²) in [7, 11) is 1.57. The molecule has 2 N–H and O–H groups in total. The second-order valence-electron chi connectivity index (χ2n) is 10.4. The molecular weight excluding hydrogens is 532 g/mol. The molecule has 0 spiro atoms. The van der Waals surface area contributed by atoms with Crippen LogP contribution in [0.4, 0.5) is 11.4 Å². The molecule has 10 heteroatoms. The van der Waals surface area contributed by atoms with Gasteiger partial charge in [-0.15, -0.1) is 0 Å². The molecule has 1 aromatic heterocycles. The van der Waals surface area contributed by atoms with Crippen molar-refractivity contribution in [3.8, 4) is 5.75 Å². The van der Waals surface area contributed by atoms with E-state index in [0.29, 0.717) is 37.6 Å². The molecule has 10 nitrogen and oxygen atoms in total. The lowest BCUT2D eigenvalue weighted by atomic mass is 10.1. The van der Waals surface area contributed by atoms with Gasteiger partial charge in [0.2, 0.25) is 17.7 Å². The van der Waals surface area contributed by atoms with Gasteiger partial charge in [-0.3, -0.25) is 29.2 Å². The Hall–Kier alpha value is -4.28. The third-order valence-electron chi connectivity index (χ3n) is 7.20. The molecule has 0 radical (unpaired) electrons. The van der Waals surface area contributed by atoms with E-state index >= 15 is 0 Å². The van der Waals surface area contributed by atoms with Gasteiger partial charge in [0, 0.05) is 82.8 Å². The molecule has 0 bridgehead atoms. The van der Waals surface area contributed by atoms with Crippen LogP contribution in [-0.2, 0) is 34.0 Å². The van der Waals surface area contributed by atoms with E-state index in [1.54, 1.807) is 38.4 Å². The summed E-state index contributed by atoms with van der Waals surface area (Å²) in [5.41, 5.74) is 4.27. The van der Waals surface area contributed by atoms with Crippen LogP contribution in [0.15, 0.2) is 66.9 Å². The lowest BCUT2D eigenvalue weighted by molar-refractivity contribution is -0.122. The molecule has 0 unspecified atom stereocenters. The fourth-order valence-electron chi connectivity index (χ4n) is 5.19. The highest BCUT2D eigenvalue weighted by atomic mass is 16.5. The number of carbonyl (C=O) groups excluding carboxylic acids is 3. The van der Waals surface area contributed by atoms with Gasteiger partial charge in [0.1, 0.15) is 5.75 Å². The second kappa shape index (κ2) is 15.1. The number of fused-ring (bicyclic) bond motifs is 1. The maximum absolute atomic E-state index is 13.3. The summed E-state index contributed by atoms with van der Waals surface area (Å²) in [5.74, 6) is 0.324. The Labute approximate surface area is 247 Å². The smallest absolute Gasteiger partial charge is 0.234 e. The lowest BCUT2D eigenvalue weighted by Gasteiger charge is -2.27. The van der Waals surface area contributed by atoms with Gasteiger partial charge in [-0.2, -0.15) is 0 Å². The van der Waals surface area contributed by atoms with Crippen LogP contribution in [0.1, 0.15) is 37.1 Å². The fourth-order valence-corrected chi connectivity index (χ4v) is 5.19. The van der Waals surface area contributed by atoms with Crippen molar-refractivity contribution in [3.63, 3.8) is 0 Å². The number of ether oxygens (including phenoxy) is 1. The highest BCUT2D eigenvalue weighted by Crippen LogP contribution is 2.25. The Balaban J connectivity index is 1.51. The molecule has 0 aliphatic carbocycles. The molecule has 0 saturated heterocycles. The third kappa shape index (κ3) is 8.86. The fraction of sp³-hybridized carbons (Fsp3) is 0.375. The quantitative estimate of drug-likeness (QED) is 0.426. The number of nitrogens with one attached hydrogen (secondary N) is 2. The molecule has 0 fully saturated rings. The molecule has 222 valence electrons. The van der Waals surface area contributed by atoms with E-state index in [0.717, 1.165) is 42.0 Å². The Morgan fingerprint density at radius 3 is 2.45 bits per heavy atom. The number of methoxy groups -OCH3 is 1. The summed E-state index contributed by atoms with van der Waals surface area (Å²) < 4.78 is 5.47. The van der Waals surface area contributed by atoms with Crippen LogP contribution in [0.2, 0.25) is 0 Å². The van der Waals surface area contributed by atoms with Crippen molar-refractivity contribution in [1.82, 2.24) is 20.1 Å². The Kier molecular flexibility index (Phi) is 11.0. The van der Waals surface area contributed by atoms with Crippen molar-refractivity contribution >= 4 is 29.1 Å². The van der Waals surface area contributed by atoms with Crippen molar-refractivity contribution in [1.29, 1.82) is 0 Å². The minimum Gasteiger partial charge on any atom is -0.496 e. The standard InChI is InChI=1S/C32H40N6O4/c1-24(39)35-28-12-13-31(42-3)27(19-28)20-34-32(41)23-37-18-17-36(22-29-10-6-7-14-33-29)15-8-16-38(25(2)40)30-11-5-4-9-26(30)21-37/h4-7,9-14,19H,8,15-18,20-23H2,1-3H3,(H,34,41)(H,35,39). The van der Waals surface area contributed by atoms with Crippen molar-refractivity contribution in [2.24, 2.45) is 0 Å². The molecule has 2 aromatic carbocycles. The number of pyridine rings is 1. The molecule has 0 saturated carbocycles. The van der Waals surface area contributed by atoms with Crippen LogP contribution in [0.25, 0.3) is 0 Å². The second-order valence-corrected chi connectivity index (χ2v) is 10.4. The maximum atomic E-state index is 13.3. The summed E-state index contributed by atoms with van der Waals surface area (Å²) >= 11 is 0. The average molecular weight is 573 g/mol. The van der Waals surface area contributed by atoms with Gasteiger partial charge in [0.15, 0.2) is 0 Å². The summed E-state index contributed by atoms with van der Waals surface area (Å²) in [4.78, 5) is 48.3. The maximum Gasteiger partial charge on any atom is 0.234 e. The highest BCUT2D eigenvalue weighted by molar-refractivity contribution is 5.92. The van der Waals surface area contributed by atoms with E-state index in [4.69, 9.17) is 4.74 Å². The zero-order valence-electron chi connectivity index (χ0n) is 24.6. The molecule has 3 aromatic rings. The van der Waals surface area contributed by atoms with Crippen LogP contribution in [0.3, 0.4) is 0 Å². The first kappa shape index (κ1) is 30.7. The van der Waals surface area contributed by atoms with E-state index in [1.165, 1.54) is 6.92 Å². The third-order valence-corrected chi connectivity index (χ3v) is 7.20. The SMILES string of the molecule is COc1ccc(NC(C)=O)cc1CNC(=O)CN1CCN(Cc2ccccn2)CCCN(C(C)=O)c2ccccc2C1. The van der Waals surface area contributed by atoms with Gasteiger partial charge in [0.05, 0.1) is 19.3 Å². The first-order valence-electron chi connectivity index (χ1n) is 14.2. The highest BCUT2D eigenvalue weighted by Gasteiger charge is 2.21. The normalized spacial score (nSPS) is 14.8. The summed E-state index contributed by atoms with van der Waals surface area (Å²) in [6.45, 7) is 7.52. The predicted octanol–water partition coefficient (Wildman–Crippen LogP) is 3.43. The molecule has 1 aliphatic rings. The molecule has 2 heterocycles. The Bertz CT molecular complexity index is 1370. The van der Waals surface area contributed by atoms with Gasteiger partial charge >= 0.3 is 0 Å². The van der Waals surface area contributed by atoms with Gasteiger partial charge in [-0.1, -0.05) is 24.3 Å². The first-order valence-corrected chi connectivity index (χ1v) is 14.2. The number of nitrogens with zero attached hydrogens (tertiary/aromatic N) is 4. The summed E-state index contributed by atoms with van der Waals surface area (Å²) in [5, 5.41) is 5.79. The predicted molar refractivity (Wildman–Crippen MR) is 163 cm³/mol. The lowest BCUT2D eigenvalue weighted by Crippen LogP contribution is -2.41. The monoisotopic (exact) mass is 572 g/mol. The van der Waals surface area contributed by atoms with Crippen molar-refractivity contribution < 1.29 is 19.1 Å². The van der Waals surface area contributed by atoms with E-state index < -0.39 is 0 Å². The summed E-state index contributed by atoms with van der Waals surface area (Å²) in [6.07, 6.45) is 2.62. The van der Waals surface area contributed by atoms with E-state index in [-0.39, 0.29) is 30.8 Å². The Morgan fingerprint density at radius 1 is 0.929 bits per heavy atom.